The van der Waals surface area contributed by atoms with Gasteiger partial charge in [0.05, 0.1) is 6.54 Å². The molecular formula is C19H29Cl3N4O2. The molecule has 3 rings (SSSR count). The summed E-state index contributed by atoms with van der Waals surface area (Å²) in [6.45, 7) is 5.07. The molecule has 2 heterocycles. The van der Waals surface area contributed by atoms with Crippen LogP contribution in [0.4, 0.5) is 5.69 Å². The van der Waals surface area contributed by atoms with Gasteiger partial charge >= 0.3 is 0 Å². The number of hydrogen-bond donors (Lipinski definition) is 2. The van der Waals surface area contributed by atoms with E-state index >= 15 is 0 Å². The monoisotopic (exact) mass is 450 g/mol. The summed E-state index contributed by atoms with van der Waals surface area (Å²) in [6, 6.07) is 7.76. The van der Waals surface area contributed by atoms with Gasteiger partial charge < -0.3 is 20.4 Å². The van der Waals surface area contributed by atoms with Crippen molar-refractivity contribution in [2.45, 2.75) is 19.3 Å². The molecule has 2 N–H and O–H groups in total. The molecule has 6 nitrogen and oxygen atoms in total. The maximum atomic E-state index is 12.3. The Kier molecular flexibility index (Phi) is 11.0. The molecule has 1 atom stereocenters. The first-order valence-electron chi connectivity index (χ1n) is 9.37. The number of hydrogen-bond acceptors (Lipinski definition) is 4. The zero-order valence-corrected chi connectivity index (χ0v) is 18.3. The number of carbonyl (C=O) groups is 2. The minimum absolute atomic E-state index is 0. The lowest BCUT2D eigenvalue weighted by Crippen LogP contribution is -2.51. The Morgan fingerprint density at radius 1 is 1.11 bits per heavy atom. The van der Waals surface area contributed by atoms with E-state index < -0.39 is 0 Å². The molecule has 1 aromatic rings. The predicted octanol–water partition coefficient (Wildman–Crippen LogP) is 2.34. The number of halogens is 3. The third-order valence-electron chi connectivity index (χ3n) is 5.20. The average Bonchev–Trinajstić information content (AvgIpc) is 3.19. The molecule has 9 heteroatoms. The summed E-state index contributed by atoms with van der Waals surface area (Å²) in [6.07, 6.45) is 2.54. The second kappa shape index (κ2) is 12.4. The number of nitrogens with zero attached hydrogens (tertiary/aromatic N) is 2. The average molecular weight is 452 g/mol. The van der Waals surface area contributed by atoms with Crippen molar-refractivity contribution in [2.24, 2.45) is 5.92 Å². The van der Waals surface area contributed by atoms with E-state index in [-0.39, 0.29) is 43.2 Å². The van der Waals surface area contributed by atoms with Crippen molar-refractivity contribution in [3.63, 3.8) is 0 Å². The predicted molar refractivity (Wildman–Crippen MR) is 118 cm³/mol. The maximum absolute atomic E-state index is 12.3. The molecule has 28 heavy (non-hydrogen) atoms. The fourth-order valence-corrected chi connectivity index (χ4v) is 3.66. The largest absolute Gasteiger partial charge is 0.368 e. The summed E-state index contributed by atoms with van der Waals surface area (Å²) in [4.78, 5) is 28.3. The lowest BCUT2D eigenvalue weighted by molar-refractivity contribution is -0.133. The smallest absolute Gasteiger partial charge is 0.242 e. The molecule has 0 spiro atoms. The number of benzene rings is 1. The van der Waals surface area contributed by atoms with Crippen LogP contribution >= 0.6 is 36.4 Å². The fraction of sp³-hybridized carbons (Fsp3) is 0.579. The highest BCUT2D eigenvalue weighted by atomic mass is 35.5. The van der Waals surface area contributed by atoms with Crippen LogP contribution in [-0.2, 0) is 9.59 Å². The molecule has 2 aliphatic heterocycles. The Hall–Kier alpha value is -1.21. The number of amides is 2. The minimum atomic E-state index is -0.0231. The number of rotatable bonds is 6. The van der Waals surface area contributed by atoms with E-state index in [1.807, 2.05) is 29.2 Å². The van der Waals surface area contributed by atoms with Crippen molar-refractivity contribution in [3.8, 4) is 0 Å². The summed E-state index contributed by atoms with van der Waals surface area (Å²) in [5.74, 6) is 0.569. The lowest BCUT2D eigenvalue weighted by atomic mass is 10.0. The van der Waals surface area contributed by atoms with Gasteiger partial charge in [0.1, 0.15) is 0 Å². The Morgan fingerprint density at radius 2 is 1.79 bits per heavy atom. The normalized spacial score (nSPS) is 18.8. The highest BCUT2D eigenvalue weighted by Crippen LogP contribution is 2.19. The summed E-state index contributed by atoms with van der Waals surface area (Å²) in [7, 11) is 0. The molecule has 2 aliphatic rings. The molecule has 0 radical (unpaired) electrons. The first-order chi connectivity index (χ1) is 12.6. The Bertz CT molecular complexity index is 616. The number of carbonyl (C=O) groups excluding carboxylic acids is 2. The Labute approximate surface area is 184 Å². The van der Waals surface area contributed by atoms with Gasteiger partial charge in [-0.05, 0) is 56.1 Å². The van der Waals surface area contributed by atoms with Gasteiger partial charge in [-0.3, -0.25) is 9.59 Å². The third-order valence-corrected chi connectivity index (χ3v) is 5.45. The molecule has 1 unspecified atom stereocenters. The molecule has 0 bridgehead atoms. The van der Waals surface area contributed by atoms with E-state index in [4.69, 9.17) is 11.6 Å². The quantitative estimate of drug-likeness (QED) is 0.697. The zero-order chi connectivity index (χ0) is 18.4. The summed E-state index contributed by atoms with van der Waals surface area (Å²) in [5, 5.41) is 6.80. The van der Waals surface area contributed by atoms with Gasteiger partial charge in [0.15, 0.2) is 0 Å². The van der Waals surface area contributed by atoms with Crippen LogP contribution in [0.15, 0.2) is 24.3 Å². The highest BCUT2D eigenvalue weighted by Gasteiger charge is 2.22. The third kappa shape index (κ3) is 7.32. The second-order valence-electron chi connectivity index (χ2n) is 7.02. The zero-order valence-electron chi connectivity index (χ0n) is 15.9. The molecule has 0 aliphatic carbocycles. The second-order valence-corrected chi connectivity index (χ2v) is 7.45. The van der Waals surface area contributed by atoms with Gasteiger partial charge in [-0.15, -0.1) is 24.8 Å². The van der Waals surface area contributed by atoms with Crippen LogP contribution in [0, 0.1) is 5.92 Å². The van der Waals surface area contributed by atoms with Gasteiger partial charge in [-0.25, -0.2) is 0 Å². The number of piperazine rings is 1. The van der Waals surface area contributed by atoms with Crippen LogP contribution in [0.2, 0.25) is 5.02 Å². The van der Waals surface area contributed by atoms with Crippen molar-refractivity contribution in [2.75, 3.05) is 50.7 Å². The van der Waals surface area contributed by atoms with Crippen LogP contribution in [0.25, 0.3) is 0 Å². The Morgan fingerprint density at radius 3 is 2.39 bits per heavy atom. The summed E-state index contributed by atoms with van der Waals surface area (Å²) in [5.41, 5.74) is 1.12. The lowest BCUT2D eigenvalue weighted by Gasteiger charge is -2.36. The van der Waals surface area contributed by atoms with Crippen molar-refractivity contribution in [1.29, 1.82) is 0 Å². The Balaban J connectivity index is 0.00000196. The molecule has 2 amide bonds. The molecule has 2 saturated heterocycles. The molecule has 2 fully saturated rings. The molecule has 1 aromatic carbocycles. The van der Waals surface area contributed by atoms with E-state index in [2.05, 4.69) is 15.5 Å². The molecular weight excluding hydrogens is 423 g/mol. The van der Waals surface area contributed by atoms with E-state index in [1.54, 1.807) is 0 Å². The van der Waals surface area contributed by atoms with Crippen LogP contribution < -0.4 is 15.5 Å². The summed E-state index contributed by atoms with van der Waals surface area (Å²) >= 11 is 5.93. The van der Waals surface area contributed by atoms with E-state index in [0.29, 0.717) is 25.4 Å². The fourth-order valence-electron chi connectivity index (χ4n) is 3.54. The van der Waals surface area contributed by atoms with Crippen LogP contribution in [0.5, 0.6) is 0 Å². The van der Waals surface area contributed by atoms with Gasteiger partial charge in [-0.1, -0.05) is 11.6 Å². The van der Waals surface area contributed by atoms with Gasteiger partial charge in [-0.2, -0.15) is 0 Å². The van der Waals surface area contributed by atoms with Crippen LogP contribution in [0.3, 0.4) is 0 Å². The van der Waals surface area contributed by atoms with E-state index in [1.165, 1.54) is 0 Å². The summed E-state index contributed by atoms with van der Waals surface area (Å²) < 4.78 is 0. The van der Waals surface area contributed by atoms with Crippen molar-refractivity contribution < 1.29 is 9.59 Å². The van der Waals surface area contributed by atoms with E-state index in [9.17, 15) is 9.59 Å². The number of anilines is 1. The highest BCUT2D eigenvalue weighted by molar-refractivity contribution is 6.30. The van der Waals surface area contributed by atoms with Gasteiger partial charge in [0, 0.05) is 43.3 Å². The molecule has 158 valence electrons. The van der Waals surface area contributed by atoms with Gasteiger partial charge in [0.25, 0.3) is 0 Å². The maximum Gasteiger partial charge on any atom is 0.242 e. The molecule has 0 aromatic heterocycles. The minimum Gasteiger partial charge on any atom is -0.368 e. The van der Waals surface area contributed by atoms with Gasteiger partial charge in [0.2, 0.25) is 11.8 Å². The topological polar surface area (TPSA) is 64.7 Å². The van der Waals surface area contributed by atoms with Crippen LogP contribution in [0.1, 0.15) is 19.3 Å². The number of nitrogens with one attached hydrogen (secondary N) is 2. The first-order valence-corrected chi connectivity index (χ1v) is 9.75. The van der Waals surface area contributed by atoms with E-state index in [0.717, 1.165) is 49.7 Å². The van der Waals surface area contributed by atoms with Crippen LogP contribution in [-0.4, -0.2) is 62.5 Å². The van der Waals surface area contributed by atoms with Crippen molar-refractivity contribution in [1.82, 2.24) is 15.5 Å². The standard InChI is InChI=1S/C19H27ClN4O2.2ClH/c20-16-2-4-17(5-3-16)23-9-11-24(12-10-23)19(26)14-22-18(25)6-1-15-7-8-21-13-15;;/h2-5,15,21H,1,6-14H2,(H,22,25);2*1H. The first kappa shape index (κ1) is 24.8. The molecule has 0 saturated carbocycles. The van der Waals surface area contributed by atoms with Crippen molar-refractivity contribution in [3.05, 3.63) is 29.3 Å². The van der Waals surface area contributed by atoms with Crippen molar-refractivity contribution >= 4 is 53.9 Å². The SMILES string of the molecule is Cl.Cl.O=C(CCC1CCNC1)NCC(=O)N1CCN(c2ccc(Cl)cc2)CC1.